The molecule has 6 nitrogen and oxygen atoms in total. The molecule has 16 heavy (non-hydrogen) atoms. The van der Waals surface area contributed by atoms with Gasteiger partial charge in [0.25, 0.3) is 5.91 Å². The smallest absolute Gasteiger partial charge is 0.267 e. The zero-order chi connectivity index (χ0) is 11.8. The molecule has 0 aliphatic heterocycles. The van der Waals surface area contributed by atoms with Gasteiger partial charge in [0.2, 0.25) is 0 Å². The molecular formula is C9H12N4O2S. The molecule has 0 saturated carbocycles. The van der Waals surface area contributed by atoms with Crippen LogP contribution in [0.5, 0.6) is 0 Å². The van der Waals surface area contributed by atoms with Gasteiger partial charge in [-0.25, -0.2) is 0 Å². The molecule has 1 rings (SSSR count). The molecule has 0 aliphatic rings. The molecule has 1 amide bonds. The van der Waals surface area contributed by atoms with Crippen LogP contribution in [0.3, 0.4) is 0 Å². The predicted octanol–water partition coefficient (Wildman–Crippen LogP) is 0.540. The Hall–Kier alpha value is -1.52. The van der Waals surface area contributed by atoms with Gasteiger partial charge < -0.3 is 9.64 Å². The highest BCUT2D eigenvalue weighted by Gasteiger charge is 2.17. The van der Waals surface area contributed by atoms with E-state index in [0.29, 0.717) is 31.0 Å². The molecule has 1 aromatic heterocycles. The van der Waals surface area contributed by atoms with Crippen LogP contribution in [0.2, 0.25) is 0 Å². The van der Waals surface area contributed by atoms with Crippen LogP contribution >= 0.6 is 11.5 Å². The molecule has 0 fully saturated rings. The summed E-state index contributed by atoms with van der Waals surface area (Å²) in [6.07, 6.45) is 1.74. The van der Waals surface area contributed by atoms with Crippen LogP contribution in [0.25, 0.3) is 0 Å². The lowest BCUT2D eigenvalue weighted by Crippen LogP contribution is -2.34. The number of ether oxygens (including phenoxy) is 1. The maximum Gasteiger partial charge on any atom is 0.267 e. The molecule has 0 radical (unpaired) electrons. The summed E-state index contributed by atoms with van der Waals surface area (Å²) in [6, 6.07) is 2.01. The summed E-state index contributed by atoms with van der Waals surface area (Å²) in [5, 5.41) is 12.1. The lowest BCUT2D eigenvalue weighted by molar-refractivity contribution is 0.0704. The second kappa shape index (κ2) is 6.87. The average molecular weight is 240 g/mol. The number of carbonyl (C=O) groups is 1. The monoisotopic (exact) mass is 240 g/mol. The fourth-order valence-electron chi connectivity index (χ4n) is 1.12. The van der Waals surface area contributed by atoms with Gasteiger partial charge in [0.05, 0.1) is 25.3 Å². The maximum atomic E-state index is 11.9. The number of rotatable bonds is 6. The first-order chi connectivity index (χ1) is 7.79. The second-order valence-corrected chi connectivity index (χ2v) is 3.76. The zero-order valence-corrected chi connectivity index (χ0v) is 9.74. The standard InChI is InChI=1S/C9H12N4O2S/c1-15-6-5-13(4-2-3-10)9(14)8-7-11-12-16-8/h7H,2,4-6H2,1H3. The lowest BCUT2D eigenvalue weighted by Gasteiger charge is -2.19. The third kappa shape index (κ3) is 3.56. The summed E-state index contributed by atoms with van der Waals surface area (Å²) in [5.41, 5.74) is 0. The third-order valence-electron chi connectivity index (χ3n) is 1.92. The van der Waals surface area contributed by atoms with Gasteiger partial charge >= 0.3 is 0 Å². The number of methoxy groups -OCH3 is 1. The fraction of sp³-hybridized carbons (Fsp3) is 0.556. The summed E-state index contributed by atoms with van der Waals surface area (Å²) in [6.45, 7) is 1.31. The van der Waals surface area contributed by atoms with Gasteiger partial charge in [0, 0.05) is 20.2 Å². The zero-order valence-electron chi connectivity index (χ0n) is 8.92. The Balaban J connectivity index is 2.60. The van der Waals surface area contributed by atoms with E-state index in [1.807, 2.05) is 6.07 Å². The van der Waals surface area contributed by atoms with Crippen LogP contribution in [0, 0.1) is 11.3 Å². The Morgan fingerprint density at radius 2 is 2.50 bits per heavy atom. The number of nitriles is 1. The van der Waals surface area contributed by atoms with Crippen LogP contribution in [0.4, 0.5) is 0 Å². The number of aromatic nitrogens is 2. The fourth-order valence-corrected chi connectivity index (χ4v) is 1.60. The Morgan fingerprint density at radius 3 is 3.06 bits per heavy atom. The van der Waals surface area contributed by atoms with Crippen molar-refractivity contribution >= 4 is 17.4 Å². The molecule has 1 heterocycles. The predicted molar refractivity (Wildman–Crippen MR) is 57.9 cm³/mol. The minimum absolute atomic E-state index is 0.151. The van der Waals surface area contributed by atoms with Gasteiger partial charge in [0.15, 0.2) is 0 Å². The molecule has 0 aromatic carbocycles. The van der Waals surface area contributed by atoms with Crippen LogP contribution in [-0.4, -0.2) is 47.2 Å². The van der Waals surface area contributed by atoms with Crippen LogP contribution in [-0.2, 0) is 4.74 Å². The summed E-state index contributed by atoms with van der Waals surface area (Å²) < 4.78 is 8.55. The minimum Gasteiger partial charge on any atom is -0.383 e. The van der Waals surface area contributed by atoms with Gasteiger partial charge in [-0.15, -0.1) is 5.10 Å². The van der Waals surface area contributed by atoms with Crippen molar-refractivity contribution in [1.29, 1.82) is 5.26 Å². The van der Waals surface area contributed by atoms with Gasteiger partial charge in [-0.1, -0.05) is 4.49 Å². The molecule has 0 bridgehead atoms. The van der Waals surface area contributed by atoms with Crippen LogP contribution in [0.15, 0.2) is 6.20 Å². The first kappa shape index (κ1) is 12.5. The molecule has 0 saturated heterocycles. The quantitative estimate of drug-likeness (QED) is 0.725. The molecule has 0 N–H and O–H groups in total. The molecule has 0 unspecified atom stereocenters. The molecule has 0 atom stereocenters. The van der Waals surface area contributed by atoms with E-state index in [2.05, 4.69) is 9.59 Å². The molecular weight excluding hydrogens is 228 g/mol. The number of nitrogens with zero attached hydrogens (tertiary/aromatic N) is 4. The Morgan fingerprint density at radius 1 is 1.69 bits per heavy atom. The molecule has 86 valence electrons. The van der Waals surface area contributed by atoms with E-state index in [1.54, 1.807) is 12.0 Å². The summed E-state index contributed by atoms with van der Waals surface area (Å²) in [5.74, 6) is -0.151. The Kier molecular flexibility index (Phi) is 5.39. The topological polar surface area (TPSA) is 79.1 Å². The highest BCUT2D eigenvalue weighted by atomic mass is 32.1. The summed E-state index contributed by atoms with van der Waals surface area (Å²) in [7, 11) is 1.57. The molecule has 0 aliphatic carbocycles. The van der Waals surface area contributed by atoms with E-state index in [9.17, 15) is 4.79 Å². The van der Waals surface area contributed by atoms with Crippen LogP contribution in [0.1, 0.15) is 16.1 Å². The van der Waals surface area contributed by atoms with Gasteiger partial charge in [-0.2, -0.15) is 5.26 Å². The van der Waals surface area contributed by atoms with E-state index < -0.39 is 0 Å². The highest BCUT2D eigenvalue weighted by Crippen LogP contribution is 2.07. The van der Waals surface area contributed by atoms with E-state index in [1.165, 1.54) is 6.20 Å². The van der Waals surface area contributed by atoms with Crippen molar-refractivity contribution < 1.29 is 9.53 Å². The largest absolute Gasteiger partial charge is 0.383 e. The first-order valence-electron chi connectivity index (χ1n) is 4.72. The van der Waals surface area contributed by atoms with Crippen molar-refractivity contribution in [3.05, 3.63) is 11.1 Å². The van der Waals surface area contributed by atoms with Crippen molar-refractivity contribution in [3.8, 4) is 6.07 Å². The van der Waals surface area contributed by atoms with Crippen molar-refractivity contribution in [3.63, 3.8) is 0 Å². The Bertz CT molecular complexity index is 360. The number of hydrogen-bond acceptors (Lipinski definition) is 6. The number of amides is 1. The first-order valence-corrected chi connectivity index (χ1v) is 5.49. The lowest BCUT2D eigenvalue weighted by atomic mass is 10.3. The normalized spacial score (nSPS) is 9.75. The van der Waals surface area contributed by atoms with Crippen molar-refractivity contribution in [1.82, 2.24) is 14.5 Å². The number of hydrogen-bond donors (Lipinski definition) is 0. The molecule has 0 spiro atoms. The van der Waals surface area contributed by atoms with Crippen molar-refractivity contribution in [2.75, 3.05) is 26.8 Å². The van der Waals surface area contributed by atoms with Crippen LogP contribution < -0.4 is 0 Å². The van der Waals surface area contributed by atoms with Gasteiger partial charge in [-0.05, 0) is 11.5 Å². The van der Waals surface area contributed by atoms with Crippen molar-refractivity contribution in [2.45, 2.75) is 6.42 Å². The maximum absolute atomic E-state index is 11.9. The highest BCUT2D eigenvalue weighted by molar-refractivity contribution is 7.07. The second-order valence-electron chi connectivity index (χ2n) is 2.97. The van der Waals surface area contributed by atoms with Gasteiger partial charge in [0.1, 0.15) is 4.88 Å². The minimum atomic E-state index is -0.151. The van der Waals surface area contributed by atoms with Gasteiger partial charge in [-0.3, -0.25) is 4.79 Å². The third-order valence-corrected chi connectivity index (χ3v) is 2.57. The molecule has 1 aromatic rings. The van der Waals surface area contributed by atoms with E-state index in [4.69, 9.17) is 10.00 Å². The summed E-state index contributed by atoms with van der Waals surface area (Å²) >= 11 is 1.05. The Labute approximate surface area is 97.6 Å². The van der Waals surface area contributed by atoms with E-state index >= 15 is 0 Å². The SMILES string of the molecule is COCCN(CCC#N)C(=O)c1cnns1. The number of carbonyl (C=O) groups excluding carboxylic acids is 1. The average Bonchev–Trinajstić information content (AvgIpc) is 2.82. The van der Waals surface area contributed by atoms with E-state index in [0.717, 1.165) is 11.5 Å². The van der Waals surface area contributed by atoms with Crippen molar-refractivity contribution in [2.24, 2.45) is 0 Å². The molecule has 7 heteroatoms. The summed E-state index contributed by atoms with van der Waals surface area (Å²) in [4.78, 5) is 14.0. The van der Waals surface area contributed by atoms with E-state index in [-0.39, 0.29) is 5.91 Å².